The number of amides is 1. The van der Waals surface area contributed by atoms with Crippen molar-refractivity contribution in [2.75, 3.05) is 13.7 Å². The van der Waals surface area contributed by atoms with E-state index in [1.54, 1.807) is 31.4 Å². The Hall–Kier alpha value is -3.54. The van der Waals surface area contributed by atoms with Gasteiger partial charge in [0.05, 0.1) is 12.7 Å². The number of aryl methyl sites for hydroxylation is 1. The van der Waals surface area contributed by atoms with E-state index in [0.29, 0.717) is 11.3 Å². The summed E-state index contributed by atoms with van der Waals surface area (Å²) in [6.45, 7) is 3.65. The third kappa shape index (κ3) is 3.76. The molecule has 1 heterocycles. The summed E-state index contributed by atoms with van der Waals surface area (Å²) in [6, 6.07) is 16.1. The van der Waals surface area contributed by atoms with Crippen LogP contribution in [0.3, 0.4) is 0 Å². The van der Waals surface area contributed by atoms with E-state index < -0.39 is 5.91 Å². The quantitative estimate of drug-likeness (QED) is 0.638. The Morgan fingerprint density at radius 1 is 1.00 bits per heavy atom. The Balaban J connectivity index is 1.82. The van der Waals surface area contributed by atoms with Gasteiger partial charge in [-0.25, -0.2) is 0 Å². The summed E-state index contributed by atoms with van der Waals surface area (Å²) < 4.78 is 12.8. The number of methoxy groups -OCH3 is 1. The largest absolute Gasteiger partial charge is 0.497 e. The third-order valence-electron chi connectivity index (χ3n) is 4.57. The number of nitrogens with zero attached hydrogens (tertiary/aromatic N) is 1. The second-order valence-corrected chi connectivity index (χ2v) is 6.39. The molecule has 28 heavy (non-hydrogen) atoms. The molecular formula is C22H22N2O4. The van der Waals surface area contributed by atoms with Gasteiger partial charge in [-0.3, -0.25) is 9.59 Å². The molecule has 3 rings (SSSR count). The van der Waals surface area contributed by atoms with Crippen molar-refractivity contribution in [2.24, 2.45) is 5.73 Å². The highest BCUT2D eigenvalue weighted by atomic mass is 16.5. The summed E-state index contributed by atoms with van der Waals surface area (Å²) in [5.41, 5.74) is 8.86. The zero-order valence-electron chi connectivity index (χ0n) is 16.1. The van der Waals surface area contributed by atoms with Crippen molar-refractivity contribution in [1.82, 2.24) is 4.57 Å². The molecule has 0 bridgehead atoms. The molecule has 0 aliphatic carbocycles. The minimum Gasteiger partial charge on any atom is -0.497 e. The van der Waals surface area contributed by atoms with Crippen LogP contribution in [0.2, 0.25) is 0 Å². The lowest BCUT2D eigenvalue weighted by Crippen LogP contribution is -2.17. The Labute approximate surface area is 163 Å². The van der Waals surface area contributed by atoms with Crippen molar-refractivity contribution < 1.29 is 19.1 Å². The molecule has 0 aliphatic heterocycles. The van der Waals surface area contributed by atoms with Crippen molar-refractivity contribution >= 4 is 11.7 Å². The van der Waals surface area contributed by atoms with Crippen LogP contribution >= 0.6 is 0 Å². The Kier molecular flexibility index (Phi) is 5.49. The van der Waals surface area contributed by atoms with Gasteiger partial charge in [0.25, 0.3) is 5.91 Å². The lowest BCUT2D eigenvalue weighted by molar-refractivity contribution is 0.0911. The van der Waals surface area contributed by atoms with E-state index in [0.717, 1.165) is 22.8 Å². The molecule has 0 unspecified atom stereocenters. The van der Waals surface area contributed by atoms with Crippen LogP contribution in [-0.2, 0) is 0 Å². The van der Waals surface area contributed by atoms with E-state index in [1.807, 2.05) is 48.7 Å². The van der Waals surface area contributed by atoms with E-state index >= 15 is 0 Å². The Morgan fingerprint density at radius 3 is 2.32 bits per heavy atom. The van der Waals surface area contributed by atoms with Crippen LogP contribution < -0.4 is 15.2 Å². The van der Waals surface area contributed by atoms with E-state index in [4.69, 9.17) is 15.2 Å². The van der Waals surface area contributed by atoms with Gasteiger partial charge in [-0.2, -0.15) is 0 Å². The van der Waals surface area contributed by atoms with E-state index in [9.17, 15) is 9.59 Å². The number of carbonyl (C=O) groups is 2. The third-order valence-corrected chi connectivity index (χ3v) is 4.57. The number of benzene rings is 2. The maximum Gasteiger partial charge on any atom is 0.252 e. The number of hydrogen-bond donors (Lipinski definition) is 1. The van der Waals surface area contributed by atoms with Crippen LogP contribution in [0.25, 0.3) is 5.69 Å². The van der Waals surface area contributed by atoms with E-state index in [1.165, 1.54) is 0 Å². The van der Waals surface area contributed by atoms with Crippen LogP contribution in [0.4, 0.5) is 0 Å². The molecule has 3 aromatic rings. The molecule has 2 N–H and O–H groups in total. The second kappa shape index (κ2) is 8.00. The normalized spacial score (nSPS) is 10.5. The first-order valence-corrected chi connectivity index (χ1v) is 8.80. The summed E-state index contributed by atoms with van der Waals surface area (Å²) in [7, 11) is 1.62. The van der Waals surface area contributed by atoms with Crippen molar-refractivity contribution in [3.05, 3.63) is 77.1 Å². The predicted molar refractivity (Wildman–Crippen MR) is 107 cm³/mol. The molecule has 2 aromatic carbocycles. The highest BCUT2D eigenvalue weighted by Gasteiger charge is 2.18. The Morgan fingerprint density at radius 2 is 1.68 bits per heavy atom. The summed E-state index contributed by atoms with van der Waals surface area (Å²) in [5, 5.41) is 0. The average molecular weight is 378 g/mol. The number of nitrogens with two attached hydrogens (primary N) is 1. The molecular weight excluding hydrogens is 356 g/mol. The van der Waals surface area contributed by atoms with Gasteiger partial charge in [-0.1, -0.05) is 12.1 Å². The SMILES string of the molecule is COc1ccc(-n2c(C)cc(C(=O)COc3ccccc3C(N)=O)c2C)cc1. The van der Waals surface area contributed by atoms with Crippen molar-refractivity contribution in [3.8, 4) is 17.2 Å². The van der Waals surface area contributed by atoms with Crippen molar-refractivity contribution in [3.63, 3.8) is 0 Å². The fraction of sp³-hybridized carbons (Fsp3) is 0.182. The number of rotatable bonds is 7. The monoisotopic (exact) mass is 378 g/mol. The summed E-state index contributed by atoms with van der Waals surface area (Å²) in [5.74, 6) is 0.296. The van der Waals surface area contributed by atoms with Crippen LogP contribution in [0.5, 0.6) is 11.5 Å². The fourth-order valence-corrected chi connectivity index (χ4v) is 3.19. The highest BCUT2D eigenvalue weighted by Crippen LogP contribution is 2.24. The average Bonchev–Trinajstić information content (AvgIpc) is 3.00. The maximum atomic E-state index is 12.7. The van der Waals surface area contributed by atoms with Crippen LogP contribution in [0.15, 0.2) is 54.6 Å². The molecule has 0 fully saturated rings. The first-order valence-electron chi connectivity index (χ1n) is 8.80. The zero-order valence-corrected chi connectivity index (χ0v) is 16.1. The summed E-state index contributed by atoms with van der Waals surface area (Å²) in [4.78, 5) is 24.2. The Bertz CT molecular complexity index is 1020. The summed E-state index contributed by atoms with van der Waals surface area (Å²) >= 11 is 0. The minimum atomic E-state index is -0.597. The van der Waals surface area contributed by atoms with Gasteiger partial charge in [0, 0.05) is 22.6 Å². The first-order chi connectivity index (χ1) is 13.4. The van der Waals surface area contributed by atoms with Gasteiger partial charge < -0.3 is 19.8 Å². The van der Waals surface area contributed by atoms with Gasteiger partial charge in [0.15, 0.2) is 6.61 Å². The lowest BCUT2D eigenvalue weighted by atomic mass is 10.1. The minimum absolute atomic E-state index is 0.174. The molecule has 0 spiro atoms. The maximum absolute atomic E-state index is 12.7. The number of aromatic nitrogens is 1. The van der Waals surface area contributed by atoms with Crippen molar-refractivity contribution in [1.29, 1.82) is 0 Å². The standard InChI is InChI=1S/C22H22N2O4/c1-14-12-19(15(2)24(14)16-8-10-17(27-3)11-9-16)20(25)13-28-21-7-5-4-6-18(21)22(23)26/h4-12H,13H2,1-3H3,(H2,23,26). The van der Waals surface area contributed by atoms with E-state index in [-0.39, 0.29) is 18.0 Å². The molecule has 6 nitrogen and oxygen atoms in total. The number of para-hydroxylation sites is 1. The van der Waals surface area contributed by atoms with Gasteiger partial charge in [0.1, 0.15) is 11.5 Å². The molecule has 0 aliphatic rings. The molecule has 144 valence electrons. The molecule has 0 saturated heterocycles. The molecule has 1 amide bonds. The number of Topliss-reactive ketones (excluding diaryl/α,β-unsaturated/α-hetero) is 1. The topological polar surface area (TPSA) is 83.6 Å². The number of hydrogen-bond acceptors (Lipinski definition) is 4. The molecule has 6 heteroatoms. The summed E-state index contributed by atoms with van der Waals surface area (Å²) in [6.07, 6.45) is 0. The molecule has 1 aromatic heterocycles. The van der Waals surface area contributed by atoms with Gasteiger partial charge >= 0.3 is 0 Å². The predicted octanol–water partition coefficient (Wildman–Crippen LogP) is 3.46. The number of ether oxygens (including phenoxy) is 2. The lowest BCUT2D eigenvalue weighted by Gasteiger charge is -2.11. The fourth-order valence-electron chi connectivity index (χ4n) is 3.19. The van der Waals surface area contributed by atoms with Gasteiger partial charge in [-0.15, -0.1) is 0 Å². The van der Waals surface area contributed by atoms with Crippen LogP contribution in [0.1, 0.15) is 32.1 Å². The molecule has 0 radical (unpaired) electrons. The van der Waals surface area contributed by atoms with Gasteiger partial charge in [0.2, 0.25) is 5.78 Å². The highest BCUT2D eigenvalue weighted by molar-refractivity contribution is 5.99. The smallest absolute Gasteiger partial charge is 0.252 e. The molecule has 0 atom stereocenters. The number of carbonyl (C=O) groups excluding carboxylic acids is 2. The van der Waals surface area contributed by atoms with E-state index in [2.05, 4.69) is 0 Å². The van der Waals surface area contributed by atoms with Crippen molar-refractivity contribution in [2.45, 2.75) is 13.8 Å². The van der Waals surface area contributed by atoms with Gasteiger partial charge in [-0.05, 0) is 56.3 Å². The van der Waals surface area contributed by atoms with Crippen LogP contribution in [0, 0.1) is 13.8 Å². The first kappa shape index (κ1) is 19.2. The number of ketones is 1. The second-order valence-electron chi connectivity index (χ2n) is 6.39. The zero-order chi connectivity index (χ0) is 20.3. The molecule has 0 saturated carbocycles. The van der Waals surface area contributed by atoms with Crippen LogP contribution in [-0.4, -0.2) is 30.0 Å². The number of primary amides is 1.